The van der Waals surface area contributed by atoms with E-state index in [1.54, 1.807) is 0 Å². The predicted molar refractivity (Wildman–Crippen MR) is 123 cm³/mol. The first-order chi connectivity index (χ1) is 15.2. The van der Waals surface area contributed by atoms with Gasteiger partial charge in [-0.15, -0.1) is 0 Å². The van der Waals surface area contributed by atoms with Crippen LogP contribution in [0.15, 0.2) is 42.5 Å². The second-order valence-electron chi connectivity index (χ2n) is 8.69. The monoisotopic (exact) mass is 422 g/mol. The Bertz CT molecular complexity index is 877. The third kappa shape index (κ3) is 6.08. The Kier molecular flexibility index (Phi) is 7.60. The highest BCUT2D eigenvalue weighted by atomic mass is 16.5. The van der Waals surface area contributed by atoms with Crippen molar-refractivity contribution in [1.29, 1.82) is 0 Å². The van der Waals surface area contributed by atoms with Gasteiger partial charge in [0.2, 0.25) is 0 Å². The van der Waals surface area contributed by atoms with Gasteiger partial charge in [0.25, 0.3) is 5.91 Å². The van der Waals surface area contributed by atoms with E-state index in [4.69, 9.17) is 9.47 Å². The molecule has 1 amide bonds. The fraction of sp³-hybridized carbons (Fsp3) is 0.500. The number of hydrogen-bond acceptors (Lipinski definition) is 4. The van der Waals surface area contributed by atoms with Crippen LogP contribution in [0.4, 0.5) is 0 Å². The fourth-order valence-corrected chi connectivity index (χ4v) is 4.52. The molecule has 2 aromatic rings. The fourth-order valence-electron chi connectivity index (χ4n) is 4.52. The van der Waals surface area contributed by atoms with Crippen molar-refractivity contribution in [2.24, 2.45) is 0 Å². The molecular weight excluding hydrogens is 388 g/mol. The molecule has 4 rings (SSSR count). The average Bonchev–Trinajstić information content (AvgIpc) is 2.83. The molecule has 1 saturated heterocycles. The summed E-state index contributed by atoms with van der Waals surface area (Å²) in [7, 11) is 2.16. The van der Waals surface area contributed by atoms with Gasteiger partial charge in [-0.3, -0.25) is 9.69 Å². The minimum atomic E-state index is -0.0159. The second kappa shape index (κ2) is 10.8. The first-order valence-electron chi connectivity index (χ1n) is 11.6. The standard InChI is InChI=1S/C26H34N2O3/c1-28(24-11-14-30-15-12-24)13-16-31-25-8-4-5-20(17-25)19-27-26(29)23-10-9-21-6-2-3-7-22(21)18-23/h4-5,8-10,17-18,24H,2-3,6-7,11-16,19H2,1H3,(H,27,29). The molecule has 5 nitrogen and oxygen atoms in total. The van der Waals surface area contributed by atoms with Gasteiger partial charge in [0.15, 0.2) is 0 Å². The van der Waals surface area contributed by atoms with Gasteiger partial charge in [-0.05, 0) is 86.5 Å². The number of likely N-dealkylation sites (N-methyl/N-ethyl adjacent to an activating group) is 1. The van der Waals surface area contributed by atoms with E-state index in [2.05, 4.69) is 29.4 Å². The molecule has 0 spiro atoms. The zero-order valence-electron chi connectivity index (χ0n) is 18.6. The Morgan fingerprint density at radius 3 is 2.74 bits per heavy atom. The SMILES string of the molecule is CN(CCOc1cccc(CNC(=O)c2ccc3c(c2)CCCC3)c1)C1CCOCC1. The first-order valence-corrected chi connectivity index (χ1v) is 11.6. The van der Waals surface area contributed by atoms with Gasteiger partial charge in [-0.2, -0.15) is 0 Å². The largest absolute Gasteiger partial charge is 0.492 e. The van der Waals surface area contributed by atoms with E-state index in [0.717, 1.165) is 62.3 Å². The number of rotatable bonds is 8. The summed E-state index contributed by atoms with van der Waals surface area (Å²) in [5.41, 5.74) is 4.53. The maximum absolute atomic E-state index is 12.6. The Labute approximate surface area is 185 Å². The van der Waals surface area contributed by atoms with Crippen molar-refractivity contribution in [2.75, 3.05) is 33.4 Å². The molecule has 5 heteroatoms. The summed E-state index contributed by atoms with van der Waals surface area (Å²) < 4.78 is 11.4. The third-order valence-corrected chi connectivity index (χ3v) is 6.49. The van der Waals surface area contributed by atoms with Crippen LogP contribution in [0.25, 0.3) is 0 Å². The van der Waals surface area contributed by atoms with Crippen molar-refractivity contribution in [3.63, 3.8) is 0 Å². The van der Waals surface area contributed by atoms with Crippen molar-refractivity contribution in [2.45, 2.75) is 51.1 Å². The van der Waals surface area contributed by atoms with Crippen LogP contribution in [0.1, 0.15) is 52.7 Å². The van der Waals surface area contributed by atoms with Crippen molar-refractivity contribution < 1.29 is 14.3 Å². The summed E-state index contributed by atoms with van der Waals surface area (Å²) in [5.74, 6) is 0.832. The second-order valence-corrected chi connectivity index (χ2v) is 8.69. The number of hydrogen-bond donors (Lipinski definition) is 1. The molecule has 0 aromatic heterocycles. The van der Waals surface area contributed by atoms with Gasteiger partial charge in [0.1, 0.15) is 12.4 Å². The smallest absolute Gasteiger partial charge is 0.251 e. The number of nitrogens with zero attached hydrogens (tertiary/aromatic N) is 1. The number of nitrogens with one attached hydrogen (secondary N) is 1. The van der Waals surface area contributed by atoms with Crippen LogP contribution in [-0.4, -0.2) is 50.3 Å². The number of carbonyl (C=O) groups excluding carboxylic acids is 1. The molecule has 1 N–H and O–H groups in total. The normalized spacial score (nSPS) is 16.7. The van der Waals surface area contributed by atoms with E-state index < -0.39 is 0 Å². The first kappa shape index (κ1) is 21.8. The number of carbonyl (C=O) groups is 1. The summed E-state index contributed by atoms with van der Waals surface area (Å²) in [6.07, 6.45) is 6.87. The zero-order chi connectivity index (χ0) is 21.5. The van der Waals surface area contributed by atoms with Crippen molar-refractivity contribution >= 4 is 5.91 Å². The van der Waals surface area contributed by atoms with Crippen LogP contribution in [0.5, 0.6) is 5.75 Å². The molecule has 1 aliphatic heterocycles. The Hall–Kier alpha value is -2.37. The number of ether oxygens (including phenoxy) is 2. The van der Waals surface area contributed by atoms with Gasteiger partial charge in [-0.1, -0.05) is 18.2 Å². The molecule has 0 bridgehead atoms. The molecule has 0 atom stereocenters. The van der Waals surface area contributed by atoms with Gasteiger partial charge in [0, 0.05) is 37.9 Å². The molecule has 2 aliphatic rings. The number of amides is 1. The van der Waals surface area contributed by atoms with Crippen LogP contribution in [0.3, 0.4) is 0 Å². The summed E-state index contributed by atoms with van der Waals surface area (Å²) in [6.45, 7) is 3.75. The van der Waals surface area contributed by atoms with Gasteiger partial charge in [0.05, 0.1) is 0 Å². The topological polar surface area (TPSA) is 50.8 Å². The number of fused-ring (bicyclic) bond motifs is 1. The third-order valence-electron chi connectivity index (χ3n) is 6.49. The van der Waals surface area contributed by atoms with Crippen LogP contribution < -0.4 is 10.1 Å². The molecular formula is C26H34N2O3. The lowest BCUT2D eigenvalue weighted by Crippen LogP contribution is -2.38. The molecule has 0 saturated carbocycles. The molecule has 1 aliphatic carbocycles. The van der Waals surface area contributed by atoms with E-state index in [-0.39, 0.29) is 5.91 Å². The Morgan fingerprint density at radius 2 is 1.90 bits per heavy atom. The molecule has 0 unspecified atom stereocenters. The Balaban J connectivity index is 1.25. The van der Waals surface area contributed by atoms with E-state index >= 15 is 0 Å². The Morgan fingerprint density at radius 1 is 1.10 bits per heavy atom. The predicted octanol–water partition coefficient (Wildman–Crippen LogP) is 3.99. The lowest BCUT2D eigenvalue weighted by Gasteiger charge is -2.31. The molecule has 31 heavy (non-hydrogen) atoms. The summed E-state index contributed by atoms with van der Waals surface area (Å²) in [4.78, 5) is 15.0. The lowest BCUT2D eigenvalue weighted by atomic mass is 9.90. The molecule has 2 aromatic carbocycles. The minimum absolute atomic E-state index is 0.0159. The van der Waals surface area contributed by atoms with Crippen molar-refractivity contribution in [3.8, 4) is 5.75 Å². The van der Waals surface area contributed by atoms with E-state index in [9.17, 15) is 4.79 Å². The van der Waals surface area contributed by atoms with Crippen LogP contribution in [0, 0.1) is 0 Å². The number of aryl methyl sites for hydroxylation is 2. The molecule has 1 heterocycles. The van der Waals surface area contributed by atoms with Crippen molar-refractivity contribution in [1.82, 2.24) is 10.2 Å². The quantitative estimate of drug-likeness (QED) is 0.699. The van der Waals surface area contributed by atoms with E-state index in [1.807, 2.05) is 30.3 Å². The van der Waals surface area contributed by atoms with Crippen molar-refractivity contribution in [3.05, 3.63) is 64.7 Å². The van der Waals surface area contributed by atoms with E-state index in [1.165, 1.54) is 24.0 Å². The molecule has 1 fully saturated rings. The highest BCUT2D eigenvalue weighted by Crippen LogP contribution is 2.22. The summed E-state index contributed by atoms with van der Waals surface area (Å²) in [6, 6.07) is 14.7. The highest BCUT2D eigenvalue weighted by molar-refractivity contribution is 5.94. The van der Waals surface area contributed by atoms with Crippen LogP contribution in [-0.2, 0) is 24.1 Å². The average molecular weight is 423 g/mol. The molecule has 0 radical (unpaired) electrons. The minimum Gasteiger partial charge on any atom is -0.492 e. The maximum atomic E-state index is 12.6. The number of benzene rings is 2. The van der Waals surface area contributed by atoms with Crippen LogP contribution in [0.2, 0.25) is 0 Å². The highest BCUT2D eigenvalue weighted by Gasteiger charge is 2.18. The summed E-state index contributed by atoms with van der Waals surface area (Å²) in [5, 5.41) is 3.05. The zero-order valence-corrected chi connectivity index (χ0v) is 18.6. The summed E-state index contributed by atoms with van der Waals surface area (Å²) >= 11 is 0. The van der Waals surface area contributed by atoms with Gasteiger partial charge < -0.3 is 14.8 Å². The van der Waals surface area contributed by atoms with Crippen LogP contribution >= 0.6 is 0 Å². The lowest BCUT2D eigenvalue weighted by molar-refractivity contribution is 0.0392. The molecule has 166 valence electrons. The van der Waals surface area contributed by atoms with Gasteiger partial charge in [-0.25, -0.2) is 0 Å². The van der Waals surface area contributed by atoms with E-state index in [0.29, 0.717) is 19.2 Å². The maximum Gasteiger partial charge on any atom is 0.251 e. The van der Waals surface area contributed by atoms with Gasteiger partial charge >= 0.3 is 0 Å².